The summed E-state index contributed by atoms with van der Waals surface area (Å²) in [5.74, 6) is -0.424. The van der Waals surface area contributed by atoms with E-state index in [2.05, 4.69) is 34.0 Å². The molecule has 0 saturated carbocycles. The second kappa shape index (κ2) is 9.76. The van der Waals surface area contributed by atoms with E-state index in [0.29, 0.717) is 24.7 Å². The van der Waals surface area contributed by atoms with E-state index >= 15 is 0 Å². The first-order chi connectivity index (χ1) is 17.6. The Morgan fingerprint density at radius 1 is 1.24 bits per heavy atom. The zero-order chi connectivity index (χ0) is 26.3. The van der Waals surface area contributed by atoms with Gasteiger partial charge >= 0.3 is 5.97 Å². The van der Waals surface area contributed by atoms with E-state index in [-0.39, 0.29) is 12.3 Å². The largest absolute Gasteiger partial charge is 0.485 e. The second-order valence-corrected chi connectivity index (χ2v) is 10.7. The Morgan fingerprint density at radius 3 is 2.84 bits per heavy atom. The van der Waals surface area contributed by atoms with Gasteiger partial charge in [-0.1, -0.05) is 35.0 Å². The Bertz CT molecular complexity index is 1480. The summed E-state index contributed by atoms with van der Waals surface area (Å²) >= 11 is 6.69. The minimum atomic E-state index is -0.866. The van der Waals surface area contributed by atoms with Crippen molar-refractivity contribution in [2.75, 3.05) is 6.54 Å². The number of aryl methyl sites for hydroxylation is 2. The first-order valence-corrected chi connectivity index (χ1v) is 12.6. The van der Waals surface area contributed by atoms with E-state index in [0.717, 1.165) is 44.7 Å². The molecular weight excluding hydrogens is 490 g/mol. The minimum Gasteiger partial charge on any atom is -0.485 e. The summed E-state index contributed by atoms with van der Waals surface area (Å²) in [6.45, 7) is 7.99. The highest BCUT2D eigenvalue weighted by atomic mass is 35.5. The van der Waals surface area contributed by atoms with Crippen LogP contribution < -0.4 is 4.74 Å². The van der Waals surface area contributed by atoms with Crippen molar-refractivity contribution in [2.45, 2.75) is 51.8 Å². The van der Waals surface area contributed by atoms with Gasteiger partial charge in [0, 0.05) is 43.8 Å². The van der Waals surface area contributed by atoms with Crippen LogP contribution in [0.2, 0.25) is 5.02 Å². The number of carbonyl (C=O) groups is 1. The fraction of sp³-hybridized carbons (Fsp3) is 0.357. The number of hydrogen-bond acceptors (Lipinski definition) is 6. The molecule has 0 aliphatic carbocycles. The first-order valence-electron chi connectivity index (χ1n) is 12.3. The van der Waals surface area contributed by atoms with Crippen LogP contribution in [0.1, 0.15) is 54.1 Å². The molecule has 1 aliphatic heterocycles. The summed E-state index contributed by atoms with van der Waals surface area (Å²) in [7, 11) is 1.84. The molecule has 0 spiro atoms. The number of rotatable bonds is 6. The molecule has 1 atom stereocenters. The fourth-order valence-corrected chi connectivity index (χ4v) is 5.44. The summed E-state index contributed by atoms with van der Waals surface area (Å²) < 4.78 is 7.96. The molecule has 4 aromatic rings. The van der Waals surface area contributed by atoms with Crippen LogP contribution in [-0.2, 0) is 24.9 Å². The van der Waals surface area contributed by atoms with E-state index < -0.39 is 11.6 Å². The van der Waals surface area contributed by atoms with Crippen molar-refractivity contribution in [3.05, 3.63) is 81.6 Å². The van der Waals surface area contributed by atoms with Crippen molar-refractivity contribution < 1.29 is 14.6 Å². The molecule has 9 heteroatoms. The van der Waals surface area contributed by atoms with Crippen LogP contribution >= 0.6 is 11.6 Å². The number of fused-ring (bicyclic) bond motifs is 2. The molecule has 8 nitrogen and oxygen atoms in total. The summed E-state index contributed by atoms with van der Waals surface area (Å²) in [5.41, 5.74) is 5.85. The van der Waals surface area contributed by atoms with Crippen LogP contribution in [0.25, 0.3) is 11.0 Å². The molecule has 2 aromatic carbocycles. The van der Waals surface area contributed by atoms with Gasteiger partial charge in [-0.05, 0) is 67.3 Å². The van der Waals surface area contributed by atoms with Gasteiger partial charge in [0.1, 0.15) is 16.9 Å². The smallest absolute Gasteiger partial charge is 0.304 e. The van der Waals surface area contributed by atoms with Gasteiger partial charge in [0.15, 0.2) is 0 Å². The van der Waals surface area contributed by atoms with Gasteiger partial charge in [-0.3, -0.25) is 14.7 Å². The van der Waals surface area contributed by atoms with Crippen molar-refractivity contribution in [3.63, 3.8) is 0 Å². The second-order valence-electron chi connectivity index (χ2n) is 10.3. The lowest BCUT2D eigenvalue weighted by atomic mass is 9.85. The number of halogens is 1. The number of pyridine rings is 1. The Morgan fingerprint density at radius 2 is 2.05 bits per heavy atom. The van der Waals surface area contributed by atoms with Crippen LogP contribution in [0.15, 0.2) is 48.7 Å². The Hall–Kier alpha value is -3.49. The monoisotopic (exact) mass is 519 g/mol. The predicted molar refractivity (Wildman–Crippen MR) is 142 cm³/mol. The van der Waals surface area contributed by atoms with Crippen LogP contribution in [0.3, 0.4) is 0 Å². The molecule has 5 rings (SSSR count). The van der Waals surface area contributed by atoms with Gasteiger partial charge in [0.2, 0.25) is 0 Å². The van der Waals surface area contributed by atoms with E-state index in [1.165, 1.54) is 0 Å². The Labute approximate surface area is 220 Å². The zero-order valence-electron chi connectivity index (χ0n) is 21.4. The van der Waals surface area contributed by atoms with Gasteiger partial charge in [-0.15, -0.1) is 5.10 Å². The fourth-order valence-electron chi connectivity index (χ4n) is 5.26. The van der Waals surface area contributed by atoms with Crippen LogP contribution in [-0.4, -0.2) is 48.1 Å². The molecule has 1 aliphatic rings. The van der Waals surface area contributed by atoms with Gasteiger partial charge in [0.05, 0.1) is 17.6 Å². The van der Waals surface area contributed by atoms with Crippen LogP contribution in [0.5, 0.6) is 5.75 Å². The molecule has 3 heterocycles. The lowest BCUT2D eigenvalue weighted by Gasteiger charge is -2.30. The molecule has 2 aromatic heterocycles. The summed E-state index contributed by atoms with van der Waals surface area (Å²) in [4.78, 5) is 18.8. The van der Waals surface area contributed by atoms with Crippen molar-refractivity contribution in [3.8, 4) is 5.75 Å². The number of aliphatic carboxylic acids is 1. The first kappa shape index (κ1) is 25.2. The molecule has 0 saturated heterocycles. The number of nitrogens with zero attached hydrogens (tertiary/aromatic N) is 5. The van der Waals surface area contributed by atoms with Crippen molar-refractivity contribution >= 4 is 28.6 Å². The molecule has 0 radical (unpaired) electrons. The normalized spacial score (nSPS) is 16.1. The average Bonchev–Trinajstić information content (AvgIpc) is 3.15. The number of hydrogen-bond donors (Lipinski definition) is 1. The van der Waals surface area contributed by atoms with Gasteiger partial charge < -0.3 is 9.84 Å². The molecule has 192 valence electrons. The number of aromatic nitrogens is 4. The summed E-state index contributed by atoms with van der Waals surface area (Å²) in [6, 6.07) is 13.6. The standard InChI is InChI=1S/C28H30ClN5O3/c1-17-20(8-10-24-27(17)31-32-33(24)4)21(13-26(35)36)18-7-9-22(29)19(12-18)14-34-15-23-25(6-5-11-30-23)37-28(2,3)16-34/h5-12,21H,13-16H2,1-4H3,(H,35,36). The van der Waals surface area contributed by atoms with E-state index in [1.54, 1.807) is 10.9 Å². The average molecular weight is 520 g/mol. The van der Waals surface area contributed by atoms with E-state index in [4.69, 9.17) is 16.3 Å². The molecule has 0 amide bonds. The van der Waals surface area contributed by atoms with Crippen molar-refractivity contribution in [1.29, 1.82) is 0 Å². The SMILES string of the molecule is Cc1c(C(CC(=O)O)c2ccc(Cl)c(CN3Cc4ncccc4OC(C)(C)C3)c2)ccc2c1nnn2C. The predicted octanol–water partition coefficient (Wildman–Crippen LogP) is 5.10. The molecule has 1 unspecified atom stereocenters. The molecule has 0 bridgehead atoms. The van der Waals surface area contributed by atoms with E-state index in [1.807, 2.05) is 56.4 Å². The minimum absolute atomic E-state index is 0.0461. The zero-order valence-corrected chi connectivity index (χ0v) is 22.2. The third kappa shape index (κ3) is 5.17. The summed E-state index contributed by atoms with van der Waals surface area (Å²) in [6.07, 6.45) is 1.73. The molecule has 0 fully saturated rings. The maximum absolute atomic E-state index is 11.9. The van der Waals surface area contributed by atoms with Crippen LogP contribution in [0, 0.1) is 6.92 Å². The highest BCUT2D eigenvalue weighted by Gasteiger charge is 2.30. The summed E-state index contributed by atoms with van der Waals surface area (Å²) in [5, 5.41) is 18.9. The molecule has 37 heavy (non-hydrogen) atoms. The highest BCUT2D eigenvalue weighted by molar-refractivity contribution is 6.31. The van der Waals surface area contributed by atoms with Crippen LogP contribution in [0.4, 0.5) is 0 Å². The van der Waals surface area contributed by atoms with Crippen molar-refractivity contribution in [2.24, 2.45) is 7.05 Å². The number of carboxylic acid groups (broad SMARTS) is 1. The molecule has 1 N–H and O–H groups in total. The van der Waals surface area contributed by atoms with Crippen molar-refractivity contribution in [1.82, 2.24) is 24.9 Å². The van der Waals surface area contributed by atoms with E-state index in [9.17, 15) is 9.90 Å². The third-order valence-electron chi connectivity index (χ3n) is 6.91. The van der Waals surface area contributed by atoms with Gasteiger partial charge in [-0.2, -0.15) is 0 Å². The maximum Gasteiger partial charge on any atom is 0.304 e. The van der Waals surface area contributed by atoms with Gasteiger partial charge in [-0.25, -0.2) is 4.68 Å². The molecular formula is C28H30ClN5O3. The number of benzene rings is 2. The highest BCUT2D eigenvalue weighted by Crippen LogP contribution is 2.36. The topological polar surface area (TPSA) is 93.4 Å². The number of ether oxygens (including phenoxy) is 1. The lowest BCUT2D eigenvalue weighted by molar-refractivity contribution is -0.137. The quantitative estimate of drug-likeness (QED) is 0.378. The Kier molecular flexibility index (Phi) is 6.64. The third-order valence-corrected chi connectivity index (χ3v) is 7.28. The lowest BCUT2D eigenvalue weighted by Crippen LogP contribution is -2.40. The Balaban J connectivity index is 1.51. The van der Waals surface area contributed by atoms with Gasteiger partial charge in [0.25, 0.3) is 0 Å². The number of carboxylic acids is 1. The maximum atomic E-state index is 11.9.